The van der Waals surface area contributed by atoms with E-state index in [-0.39, 0.29) is 18.2 Å². The van der Waals surface area contributed by atoms with Crippen LogP contribution >= 0.6 is 0 Å². The molecular weight excluding hydrogens is 314 g/mol. The lowest BCUT2D eigenvalue weighted by molar-refractivity contribution is -0.137. The van der Waals surface area contributed by atoms with Crippen molar-refractivity contribution in [2.45, 2.75) is 44.6 Å². The van der Waals surface area contributed by atoms with Gasteiger partial charge in [-0.1, -0.05) is 54.1 Å². The number of carbonyl (C=O) groups is 2. The average Bonchev–Trinajstić information content (AvgIpc) is 2.61. The number of fused-ring (bicyclic) bond motifs is 1. The van der Waals surface area contributed by atoms with Crippen LogP contribution in [0.4, 0.5) is 0 Å². The van der Waals surface area contributed by atoms with Crippen LogP contribution < -0.4 is 5.32 Å². The van der Waals surface area contributed by atoms with Gasteiger partial charge in [-0.15, -0.1) is 0 Å². The third-order valence-electron chi connectivity index (χ3n) is 4.86. The van der Waals surface area contributed by atoms with Gasteiger partial charge in [-0.3, -0.25) is 9.59 Å². The Morgan fingerprint density at radius 2 is 1.88 bits per heavy atom. The first-order valence-electron chi connectivity index (χ1n) is 8.71. The summed E-state index contributed by atoms with van der Waals surface area (Å²) in [5, 5.41) is 12.2. The van der Waals surface area contributed by atoms with Crippen molar-refractivity contribution in [2.75, 3.05) is 0 Å². The van der Waals surface area contributed by atoms with Crippen molar-refractivity contribution in [3.05, 3.63) is 70.8 Å². The zero-order valence-corrected chi connectivity index (χ0v) is 14.4. The molecule has 0 fully saturated rings. The average molecular weight is 337 g/mol. The van der Waals surface area contributed by atoms with E-state index in [0.717, 1.165) is 36.0 Å². The summed E-state index contributed by atoms with van der Waals surface area (Å²) >= 11 is 0. The van der Waals surface area contributed by atoms with Gasteiger partial charge in [0.05, 0.1) is 18.4 Å². The van der Waals surface area contributed by atoms with E-state index in [1.54, 1.807) is 0 Å². The maximum atomic E-state index is 12.9. The molecule has 0 spiro atoms. The van der Waals surface area contributed by atoms with Gasteiger partial charge in [0.15, 0.2) is 0 Å². The largest absolute Gasteiger partial charge is 0.481 e. The van der Waals surface area contributed by atoms with Gasteiger partial charge < -0.3 is 10.4 Å². The summed E-state index contributed by atoms with van der Waals surface area (Å²) in [7, 11) is 0. The second kappa shape index (κ2) is 7.51. The minimum atomic E-state index is -0.921. The molecule has 0 bridgehead atoms. The van der Waals surface area contributed by atoms with Crippen LogP contribution in [0.25, 0.3) is 0 Å². The van der Waals surface area contributed by atoms with E-state index < -0.39 is 12.0 Å². The highest BCUT2D eigenvalue weighted by atomic mass is 16.4. The fraction of sp³-hybridized carbons (Fsp3) is 0.333. The summed E-state index contributed by atoms with van der Waals surface area (Å²) in [5.41, 5.74) is 4.22. The lowest BCUT2D eigenvalue weighted by Gasteiger charge is -2.27. The van der Waals surface area contributed by atoms with Gasteiger partial charge in [-0.2, -0.15) is 0 Å². The predicted octanol–water partition coefficient (Wildman–Crippen LogP) is 3.75. The second-order valence-electron chi connectivity index (χ2n) is 6.71. The molecule has 1 aliphatic rings. The maximum Gasteiger partial charge on any atom is 0.305 e. The van der Waals surface area contributed by atoms with Crippen LogP contribution in [0.15, 0.2) is 48.5 Å². The normalized spacial score (nSPS) is 17.4. The van der Waals surface area contributed by atoms with Crippen LogP contribution in [0.5, 0.6) is 0 Å². The van der Waals surface area contributed by atoms with Crippen LogP contribution in [0.2, 0.25) is 0 Å². The topological polar surface area (TPSA) is 66.4 Å². The molecule has 2 atom stereocenters. The van der Waals surface area contributed by atoms with Crippen molar-refractivity contribution in [1.29, 1.82) is 0 Å². The molecule has 1 unspecified atom stereocenters. The fourth-order valence-electron chi connectivity index (χ4n) is 3.52. The smallest absolute Gasteiger partial charge is 0.305 e. The highest BCUT2D eigenvalue weighted by Gasteiger charge is 2.28. The van der Waals surface area contributed by atoms with Gasteiger partial charge in [0.25, 0.3) is 0 Å². The zero-order chi connectivity index (χ0) is 17.8. The number of benzene rings is 2. The molecular formula is C21H23NO3. The highest BCUT2D eigenvalue weighted by Crippen LogP contribution is 2.32. The first-order valence-corrected chi connectivity index (χ1v) is 8.71. The van der Waals surface area contributed by atoms with Crippen molar-refractivity contribution in [1.82, 2.24) is 5.32 Å². The highest BCUT2D eigenvalue weighted by molar-refractivity contribution is 5.85. The van der Waals surface area contributed by atoms with E-state index in [9.17, 15) is 14.7 Å². The number of hydrogen-bond donors (Lipinski definition) is 2. The molecule has 25 heavy (non-hydrogen) atoms. The molecule has 2 aromatic carbocycles. The van der Waals surface area contributed by atoms with Gasteiger partial charge >= 0.3 is 5.97 Å². The number of carboxylic acid groups (broad SMARTS) is 1. The minimum absolute atomic E-state index is 0.0843. The summed E-state index contributed by atoms with van der Waals surface area (Å²) in [5.74, 6) is -1.21. The Bertz CT molecular complexity index is 767. The molecule has 0 aliphatic heterocycles. The van der Waals surface area contributed by atoms with E-state index in [1.165, 1.54) is 5.56 Å². The van der Waals surface area contributed by atoms with Gasteiger partial charge in [0, 0.05) is 0 Å². The lowest BCUT2D eigenvalue weighted by Crippen LogP contribution is -2.35. The molecule has 0 saturated heterocycles. The van der Waals surface area contributed by atoms with E-state index in [1.807, 2.05) is 49.4 Å². The van der Waals surface area contributed by atoms with Crippen molar-refractivity contribution in [3.63, 3.8) is 0 Å². The number of hydrogen-bond acceptors (Lipinski definition) is 2. The summed E-state index contributed by atoms with van der Waals surface area (Å²) in [4.78, 5) is 24.1. The van der Waals surface area contributed by atoms with Gasteiger partial charge in [0.2, 0.25) is 5.91 Å². The molecule has 4 nitrogen and oxygen atoms in total. The fourth-order valence-corrected chi connectivity index (χ4v) is 3.52. The summed E-state index contributed by atoms with van der Waals surface area (Å²) < 4.78 is 0. The molecule has 0 heterocycles. The number of aliphatic carboxylic acids is 1. The van der Waals surface area contributed by atoms with E-state index in [0.29, 0.717) is 0 Å². The van der Waals surface area contributed by atoms with E-state index in [2.05, 4.69) is 11.4 Å². The zero-order valence-electron chi connectivity index (χ0n) is 14.4. The standard InChI is InChI=1S/C21H23NO3/c1-14-9-11-16(12-10-14)19(13-20(23)24)22-21(25)18-8-4-6-15-5-2-3-7-17(15)18/h2-3,5,7,9-12,18-19H,4,6,8,13H2,1H3,(H,22,25)(H,23,24)/t18-,19?/m0/s1. The predicted molar refractivity (Wildman–Crippen MR) is 96.4 cm³/mol. The van der Waals surface area contributed by atoms with Crippen molar-refractivity contribution in [3.8, 4) is 0 Å². The third-order valence-corrected chi connectivity index (χ3v) is 4.86. The van der Waals surface area contributed by atoms with Crippen LogP contribution in [0.3, 0.4) is 0 Å². The second-order valence-corrected chi connectivity index (χ2v) is 6.71. The number of carboxylic acids is 1. The van der Waals surface area contributed by atoms with Crippen LogP contribution in [0, 0.1) is 6.92 Å². The Morgan fingerprint density at radius 3 is 2.60 bits per heavy atom. The number of aryl methyl sites for hydroxylation is 2. The Kier molecular flexibility index (Phi) is 5.17. The Morgan fingerprint density at radius 1 is 1.16 bits per heavy atom. The number of carbonyl (C=O) groups excluding carboxylic acids is 1. The van der Waals surface area contributed by atoms with Gasteiger partial charge in [0.1, 0.15) is 0 Å². The van der Waals surface area contributed by atoms with Gasteiger partial charge in [-0.05, 0) is 42.9 Å². The Hall–Kier alpha value is -2.62. The van der Waals surface area contributed by atoms with Crippen LogP contribution in [0.1, 0.15) is 53.5 Å². The molecule has 2 aromatic rings. The molecule has 0 saturated carbocycles. The monoisotopic (exact) mass is 337 g/mol. The molecule has 130 valence electrons. The van der Waals surface area contributed by atoms with Gasteiger partial charge in [-0.25, -0.2) is 0 Å². The van der Waals surface area contributed by atoms with Crippen LogP contribution in [-0.2, 0) is 16.0 Å². The summed E-state index contributed by atoms with van der Waals surface area (Å²) in [6.45, 7) is 1.98. The molecule has 1 aliphatic carbocycles. The Labute approximate surface area is 147 Å². The molecule has 4 heteroatoms. The SMILES string of the molecule is Cc1ccc(C(CC(=O)O)NC(=O)[C@H]2CCCc3ccccc32)cc1. The van der Waals surface area contributed by atoms with Crippen molar-refractivity contribution < 1.29 is 14.7 Å². The molecule has 0 radical (unpaired) electrons. The number of nitrogens with one attached hydrogen (secondary N) is 1. The number of rotatable bonds is 5. The first-order chi connectivity index (χ1) is 12.0. The van der Waals surface area contributed by atoms with Crippen LogP contribution in [-0.4, -0.2) is 17.0 Å². The Balaban J connectivity index is 1.81. The van der Waals surface area contributed by atoms with E-state index >= 15 is 0 Å². The minimum Gasteiger partial charge on any atom is -0.481 e. The van der Waals surface area contributed by atoms with Crippen molar-refractivity contribution in [2.24, 2.45) is 0 Å². The number of amides is 1. The quantitative estimate of drug-likeness (QED) is 0.873. The van der Waals surface area contributed by atoms with E-state index in [4.69, 9.17) is 0 Å². The van der Waals surface area contributed by atoms with Crippen molar-refractivity contribution >= 4 is 11.9 Å². The third kappa shape index (κ3) is 4.08. The summed E-state index contributed by atoms with van der Waals surface area (Å²) in [6, 6.07) is 15.2. The summed E-state index contributed by atoms with van der Waals surface area (Å²) in [6.07, 6.45) is 2.65. The maximum absolute atomic E-state index is 12.9. The molecule has 0 aromatic heterocycles. The lowest BCUT2D eigenvalue weighted by atomic mass is 9.82. The molecule has 1 amide bonds. The molecule has 2 N–H and O–H groups in total. The molecule has 3 rings (SSSR count). The first kappa shape index (κ1) is 17.2.